The van der Waals surface area contributed by atoms with E-state index in [0.29, 0.717) is 18.2 Å². The van der Waals surface area contributed by atoms with Crippen LogP contribution in [0.2, 0.25) is 0 Å². The number of nitrogens with zero attached hydrogens (tertiary/aromatic N) is 4. The number of benzene rings is 1. The monoisotopic (exact) mass is 371 g/mol. The first-order chi connectivity index (χ1) is 12.5. The Morgan fingerprint density at radius 1 is 1.19 bits per heavy atom. The second kappa shape index (κ2) is 6.42. The fourth-order valence-corrected chi connectivity index (χ4v) is 3.93. The number of amides is 3. The van der Waals surface area contributed by atoms with Crippen LogP contribution in [-0.4, -0.2) is 49.4 Å². The number of para-hydroxylation sites is 1. The van der Waals surface area contributed by atoms with Crippen LogP contribution in [-0.2, 0) is 4.79 Å². The van der Waals surface area contributed by atoms with Gasteiger partial charge in [-0.05, 0) is 38.8 Å². The molecule has 1 N–H and O–H groups in total. The molecule has 2 aromatic rings. The molecule has 1 aliphatic carbocycles. The van der Waals surface area contributed by atoms with Crippen molar-refractivity contribution in [3.05, 3.63) is 36.2 Å². The van der Waals surface area contributed by atoms with Crippen molar-refractivity contribution in [1.82, 2.24) is 25.0 Å². The van der Waals surface area contributed by atoms with Gasteiger partial charge in [-0.15, -0.1) is 10.2 Å². The molecule has 1 aromatic heterocycles. The molecule has 3 amide bonds. The SMILES string of the molecule is CC1(C)NC(=O)N(CCSc2nnc(C3CC3)n2-c2ccccc2)C1=O. The number of urea groups is 1. The molecule has 7 nitrogen and oxygen atoms in total. The summed E-state index contributed by atoms with van der Waals surface area (Å²) in [5.41, 5.74) is 0.211. The molecule has 0 bridgehead atoms. The number of imide groups is 1. The average Bonchev–Trinajstić information content (AvgIpc) is 3.34. The molecule has 26 heavy (non-hydrogen) atoms. The summed E-state index contributed by atoms with van der Waals surface area (Å²) in [6, 6.07) is 9.73. The lowest BCUT2D eigenvalue weighted by atomic mass is 10.1. The van der Waals surface area contributed by atoms with Crippen LogP contribution >= 0.6 is 11.8 Å². The van der Waals surface area contributed by atoms with Crippen molar-refractivity contribution in [2.45, 2.75) is 43.3 Å². The van der Waals surface area contributed by atoms with E-state index >= 15 is 0 Å². The Morgan fingerprint density at radius 2 is 1.92 bits per heavy atom. The average molecular weight is 371 g/mol. The van der Waals surface area contributed by atoms with Crippen LogP contribution in [0.25, 0.3) is 5.69 Å². The molecule has 0 atom stereocenters. The fraction of sp³-hybridized carbons (Fsp3) is 0.444. The van der Waals surface area contributed by atoms with Gasteiger partial charge in [0.2, 0.25) is 0 Å². The molecule has 1 saturated carbocycles. The second-order valence-electron chi connectivity index (χ2n) is 7.15. The van der Waals surface area contributed by atoms with E-state index in [4.69, 9.17) is 0 Å². The smallest absolute Gasteiger partial charge is 0.324 e. The third-order valence-electron chi connectivity index (χ3n) is 4.61. The minimum atomic E-state index is -0.828. The van der Waals surface area contributed by atoms with Gasteiger partial charge in [0.25, 0.3) is 5.91 Å². The number of hydrogen-bond acceptors (Lipinski definition) is 5. The molecular weight excluding hydrogens is 350 g/mol. The Bertz CT molecular complexity index is 845. The van der Waals surface area contributed by atoms with E-state index in [1.54, 1.807) is 13.8 Å². The molecule has 2 aliphatic rings. The minimum Gasteiger partial charge on any atom is -0.324 e. The largest absolute Gasteiger partial charge is 0.325 e. The number of hydrogen-bond donors (Lipinski definition) is 1. The number of carbonyl (C=O) groups excluding carboxylic acids is 2. The molecule has 4 rings (SSSR count). The quantitative estimate of drug-likeness (QED) is 0.624. The van der Waals surface area contributed by atoms with Crippen LogP contribution in [0.15, 0.2) is 35.5 Å². The number of carbonyl (C=O) groups is 2. The van der Waals surface area contributed by atoms with Crippen LogP contribution in [0.5, 0.6) is 0 Å². The molecular formula is C18H21N5O2S. The van der Waals surface area contributed by atoms with Crippen LogP contribution in [0.4, 0.5) is 4.79 Å². The second-order valence-corrected chi connectivity index (χ2v) is 8.21. The molecule has 136 valence electrons. The maximum absolute atomic E-state index is 12.3. The van der Waals surface area contributed by atoms with Crippen LogP contribution in [0, 0.1) is 0 Å². The minimum absolute atomic E-state index is 0.189. The summed E-state index contributed by atoms with van der Waals surface area (Å²) < 4.78 is 2.10. The van der Waals surface area contributed by atoms with Crippen LogP contribution in [0.3, 0.4) is 0 Å². The highest BCUT2D eigenvalue weighted by Gasteiger charge is 2.43. The number of rotatable bonds is 6. The Hall–Kier alpha value is -2.35. The summed E-state index contributed by atoms with van der Waals surface area (Å²) in [7, 11) is 0. The lowest BCUT2D eigenvalue weighted by Crippen LogP contribution is -2.40. The van der Waals surface area contributed by atoms with Gasteiger partial charge < -0.3 is 5.32 Å². The highest BCUT2D eigenvalue weighted by molar-refractivity contribution is 7.99. The number of nitrogens with one attached hydrogen (secondary N) is 1. The first-order valence-corrected chi connectivity index (χ1v) is 9.73. The van der Waals surface area contributed by atoms with E-state index in [1.807, 2.05) is 30.3 Å². The predicted octanol–water partition coefficient (Wildman–Crippen LogP) is 2.57. The molecule has 8 heteroatoms. The van der Waals surface area contributed by atoms with E-state index in [9.17, 15) is 9.59 Å². The fourth-order valence-electron chi connectivity index (χ4n) is 3.05. The summed E-state index contributed by atoms with van der Waals surface area (Å²) in [5.74, 6) is 1.86. The molecule has 0 unspecified atom stereocenters. The van der Waals surface area contributed by atoms with Gasteiger partial charge in [-0.1, -0.05) is 30.0 Å². The van der Waals surface area contributed by atoms with Crippen molar-refractivity contribution < 1.29 is 9.59 Å². The summed E-state index contributed by atoms with van der Waals surface area (Å²) in [6.45, 7) is 3.78. The molecule has 0 radical (unpaired) electrons. The third kappa shape index (κ3) is 3.09. The number of thioether (sulfide) groups is 1. The third-order valence-corrected chi connectivity index (χ3v) is 5.51. The summed E-state index contributed by atoms with van der Waals surface area (Å²) >= 11 is 1.51. The van der Waals surface area contributed by atoms with Gasteiger partial charge in [-0.2, -0.15) is 0 Å². The number of aromatic nitrogens is 3. The van der Waals surface area contributed by atoms with Gasteiger partial charge in [-0.25, -0.2) is 4.79 Å². The Kier molecular flexibility index (Phi) is 4.22. The Morgan fingerprint density at radius 3 is 2.54 bits per heavy atom. The Labute approximate surface area is 156 Å². The van der Waals surface area contributed by atoms with Crippen molar-refractivity contribution in [2.75, 3.05) is 12.3 Å². The topological polar surface area (TPSA) is 80.1 Å². The van der Waals surface area contributed by atoms with Gasteiger partial charge in [0.15, 0.2) is 5.16 Å². The van der Waals surface area contributed by atoms with Crippen molar-refractivity contribution in [3.63, 3.8) is 0 Å². The van der Waals surface area contributed by atoms with Gasteiger partial charge in [0, 0.05) is 23.9 Å². The lowest BCUT2D eigenvalue weighted by molar-refractivity contribution is -0.130. The van der Waals surface area contributed by atoms with E-state index < -0.39 is 5.54 Å². The zero-order valence-electron chi connectivity index (χ0n) is 14.8. The summed E-state index contributed by atoms with van der Waals surface area (Å²) in [5, 5.41) is 12.2. The predicted molar refractivity (Wildman–Crippen MR) is 98.4 cm³/mol. The zero-order chi connectivity index (χ0) is 18.3. The highest BCUT2D eigenvalue weighted by Crippen LogP contribution is 2.41. The van der Waals surface area contributed by atoms with E-state index in [2.05, 4.69) is 20.1 Å². The lowest BCUT2D eigenvalue weighted by Gasteiger charge is -2.15. The molecule has 1 aromatic carbocycles. The van der Waals surface area contributed by atoms with Crippen molar-refractivity contribution in [2.24, 2.45) is 0 Å². The van der Waals surface area contributed by atoms with Gasteiger partial charge >= 0.3 is 6.03 Å². The van der Waals surface area contributed by atoms with E-state index in [1.165, 1.54) is 16.7 Å². The van der Waals surface area contributed by atoms with Gasteiger partial charge in [-0.3, -0.25) is 14.3 Å². The maximum Gasteiger partial charge on any atom is 0.325 e. The first-order valence-electron chi connectivity index (χ1n) is 8.75. The van der Waals surface area contributed by atoms with Gasteiger partial charge in [0.1, 0.15) is 11.4 Å². The Balaban J connectivity index is 1.49. The van der Waals surface area contributed by atoms with Crippen LogP contribution in [0.1, 0.15) is 38.4 Å². The van der Waals surface area contributed by atoms with E-state index in [-0.39, 0.29) is 11.9 Å². The zero-order valence-corrected chi connectivity index (χ0v) is 15.6. The summed E-state index contributed by atoms with van der Waals surface area (Å²) in [6.07, 6.45) is 2.29. The molecule has 1 saturated heterocycles. The summed E-state index contributed by atoms with van der Waals surface area (Å²) in [4.78, 5) is 25.5. The first kappa shape index (κ1) is 17.1. The normalized spacial score (nSPS) is 19.1. The maximum atomic E-state index is 12.3. The highest BCUT2D eigenvalue weighted by atomic mass is 32.2. The van der Waals surface area contributed by atoms with Crippen molar-refractivity contribution in [3.8, 4) is 5.69 Å². The van der Waals surface area contributed by atoms with Crippen LogP contribution < -0.4 is 5.32 Å². The molecule has 2 fully saturated rings. The van der Waals surface area contributed by atoms with E-state index in [0.717, 1.165) is 29.5 Å². The molecule has 1 aliphatic heterocycles. The van der Waals surface area contributed by atoms with Crippen molar-refractivity contribution >= 4 is 23.7 Å². The molecule has 2 heterocycles. The van der Waals surface area contributed by atoms with Gasteiger partial charge in [0.05, 0.1) is 0 Å². The molecule has 0 spiro atoms. The standard InChI is InChI=1S/C18H21N5O2S/c1-18(2)15(24)22(16(25)19-18)10-11-26-17-21-20-14(12-8-9-12)23(17)13-6-4-3-5-7-13/h3-7,12H,8-11H2,1-2H3,(H,19,25). The van der Waals surface area contributed by atoms with Crippen molar-refractivity contribution in [1.29, 1.82) is 0 Å².